The van der Waals surface area contributed by atoms with E-state index in [4.69, 9.17) is 4.74 Å². The monoisotopic (exact) mass is 409 g/mol. The summed E-state index contributed by atoms with van der Waals surface area (Å²) in [5.74, 6) is 0. The zero-order chi connectivity index (χ0) is 21.1. The van der Waals surface area contributed by atoms with Crippen LogP contribution in [0.2, 0.25) is 0 Å². The van der Waals surface area contributed by atoms with Crippen molar-refractivity contribution in [3.8, 4) is 0 Å². The Morgan fingerprint density at radius 1 is 0.379 bits per heavy atom. The lowest BCUT2D eigenvalue weighted by Gasteiger charge is -2.05. The summed E-state index contributed by atoms with van der Waals surface area (Å²) >= 11 is 0. The van der Waals surface area contributed by atoms with Gasteiger partial charge < -0.3 is 4.74 Å². The van der Waals surface area contributed by atoms with Crippen molar-refractivity contribution in [2.24, 2.45) is 0 Å². The standard InChI is InChI=1S/C28H57O/c1-3-5-7-9-11-13-14-15-16-17-18-19-20-22-24-26-28-29-27-25-23-21-12-10-8-6-4-2/h28H,3-27H2,1-2H3. The molecule has 1 radical (unpaired) electrons. The normalized spacial score (nSPS) is 11.4. The molecule has 29 heavy (non-hydrogen) atoms. The van der Waals surface area contributed by atoms with Crippen molar-refractivity contribution in [2.75, 3.05) is 6.61 Å². The fourth-order valence-corrected chi connectivity index (χ4v) is 4.08. The lowest BCUT2D eigenvalue weighted by molar-refractivity contribution is 0.183. The second-order valence-electron chi connectivity index (χ2n) is 9.25. The minimum Gasteiger partial charge on any atom is -0.376 e. The Labute approximate surface area is 186 Å². The maximum absolute atomic E-state index is 5.67. The van der Waals surface area contributed by atoms with Crippen molar-refractivity contribution >= 4 is 0 Å². The van der Waals surface area contributed by atoms with Crippen molar-refractivity contribution in [3.05, 3.63) is 6.61 Å². The molecule has 0 rings (SSSR count). The van der Waals surface area contributed by atoms with Crippen molar-refractivity contribution in [3.63, 3.8) is 0 Å². The molecule has 0 saturated carbocycles. The average molecular weight is 410 g/mol. The molecule has 0 aliphatic heterocycles. The molecule has 0 aromatic rings. The van der Waals surface area contributed by atoms with E-state index in [1.807, 2.05) is 0 Å². The van der Waals surface area contributed by atoms with Gasteiger partial charge in [-0.15, -0.1) is 0 Å². The highest BCUT2D eigenvalue weighted by molar-refractivity contribution is 4.54. The molecule has 0 bridgehead atoms. The van der Waals surface area contributed by atoms with Gasteiger partial charge in [0.2, 0.25) is 0 Å². The van der Waals surface area contributed by atoms with Gasteiger partial charge in [0.15, 0.2) is 0 Å². The third-order valence-corrected chi connectivity index (χ3v) is 6.16. The van der Waals surface area contributed by atoms with Crippen LogP contribution in [0, 0.1) is 6.61 Å². The summed E-state index contributed by atoms with van der Waals surface area (Å²) in [6.07, 6.45) is 33.7. The van der Waals surface area contributed by atoms with Crippen LogP contribution in [0.15, 0.2) is 0 Å². The quantitative estimate of drug-likeness (QED) is 0.129. The second kappa shape index (κ2) is 28.0. The van der Waals surface area contributed by atoms with Gasteiger partial charge in [0.05, 0.1) is 6.61 Å². The third-order valence-electron chi connectivity index (χ3n) is 6.16. The average Bonchev–Trinajstić information content (AvgIpc) is 2.74. The lowest BCUT2D eigenvalue weighted by atomic mass is 10.0. The SMILES string of the molecule is CCCCCCCCCCCCCCCCC[CH]OCCCCCCCCCC. The highest BCUT2D eigenvalue weighted by Gasteiger charge is 1.96. The molecule has 0 spiro atoms. The molecule has 175 valence electrons. The van der Waals surface area contributed by atoms with E-state index < -0.39 is 0 Å². The molecule has 0 amide bonds. The van der Waals surface area contributed by atoms with Gasteiger partial charge in [0.25, 0.3) is 0 Å². The number of rotatable bonds is 26. The molecule has 0 aromatic heterocycles. The molecule has 1 heteroatoms. The first kappa shape index (κ1) is 29.0. The number of ether oxygens (including phenoxy) is 1. The van der Waals surface area contributed by atoms with Crippen molar-refractivity contribution in [2.45, 2.75) is 168 Å². The Hall–Kier alpha value is -0.0400. The van der Waals surface area contributed by atoms with Gasteiger partial charge in [-0.3, -0.25) is 0 Å². The van der Waals surface area contributed by atoms with Gasteiger partial charge in [-0.1, -0.05) is 155 Å². The summed E-state index contributed by atoms with van der Waals surface area (Å²) in [6, 6.07) is 0. The largest absolute Gasteiger partial charge is 0.376 e. The van der Waals surface area contributed by atoms with Crippen LogP contribution in [0.3, 0.4) is 0 Å². The first-order valence-corrected chi connectivity index (χ1v) is 13.8. The predicted molar refractivity (Wildman–Crippen MR) is 132 cm³/mol. The topological polar surface area (TPSA) is 9.23 Å². The number of hydrogen-bond donors (Lipinski definition) is 0. The first-order chi connectivity index (χ1) is 14.4. The molecule has 0 atom stereocenters. The van der Waals surface area contributed by atoms with Gasteiger partial charge >= 0.3 is 0 Å². The fraction of sp³-hybridized carbons (Fsp3) is 0.964. The van der Waals surface area contributed by atoms with E-state index in [0.29, 0.717) is 0 Å². The van der Waals surface area contributed by atoms with Crippen LogP contribution in [0.5, 0.6) is 0 Å². The van der Waals surface area contributed by atoms with Crippen molar-refractivity contribution < 1.29 is 4.74 Å². The second-order valence-corrected chi connectivity index (χ2v) is 9.25. The zero-order valence-electron chi connectivity index (χ0n) is 20.7. The van der Waals surface area contributed by atoms with E-state index >= 15 is 0 Å². The Balaban J connectivity index is 2.97. The van der Waals surface area contributed by atoms with Crippen LogP contribution in [0.25, 0.3) is 0 Å². The van der Waals surface area contributed by atoms with Crippen LogP contribution in [-0.4, -0.2) is 6.61 Å². The maximum atomic E-state index is 5.67. The van der Waals surface area contributed by atoms with Gasteiger partial charge in [-0.25, -0.2) is 0 Å². The summed E-state index contributed by atoms with van der Waals surface area (Å²) < 4.78 is 5.67. The van der Waals surface area contributed by atoms with Crippen molar-refractivity contribution in [1.82, 2.24) is 0 Å². The van der Waals surface area contributed by atoms with E-state index in [1.54, 1.807) is 0 Å². The van der Waals surface area contributed by atoms with E-state index in [1.165, 1.54) is 148 Å². The lowest BCUT2D eigenvalue weighted by Crippen LogP contribution is -1.92. The van der Waals surface area contributed by atoms with Crippen LogP contribution in [0.1, 0.15) is 168 Å². The van der Waals surface area contributed by atoms with E-state index in [2.05, 4.69) is 20.5 Å². The van der Waals surface area contributed by atoms with Crippen LogP contribution in [-0.2, 0) is 4.74 Å². The highest BCUT2D eigenvalue weighted by atomic mass is 16.5. The molecule has 0 unspecified atom stereocenters. The Kier molecular flexibility index (Phi) is 27.9. The third kappa shape index (κ3) is 28.0. The molecular formula is C28H57O. The van der Waals surface area contributed by atoms with Gasteiger partial charge in [0, 0.05) is 6.61 Å². The molecule has 0 aromatic carbocycles. The molecule has 0 aliphatic carbocycles. The van der Waals surface area contributed by atoms with Crippen LogP contribution >= 0.6 is 0 Å². The minimum absolute atomic E-state index is 0.938. The molecule has 0 N–H and O–H groups in total. The molecule has 1 nitrogen and oxygen atoms in total. The predicted octanol–water partition coefficient (Wildman–Crippen LogP) is 10.6. The summed E-state index contributed by atoms with van der Waals surface area (Å²) in [5.41, 5.74) is 0. The summed E-state index contributed by atoms with van der Waals surface area (Å²) in [6.45, 7) is 7.59. The van der Waals surface area contributed by atoms with E-state index in [0.717, 1.165) is 13.0 Å². The summed E-state index contributed by atoms with van der Waals surface area (Å²) in [7, 11) is 0. The van der Waals surface area contributed by atoms with E-state index in [9.17, 15) is 0 Å². The number of hydrogen-bond acceptors (Lipinski definition) is 1. The highest BCUT2D eigenvalue weighted by Crippen LogP contribution is 2.14. The molecule has 0 heterocycles. The van der Waals surface area contributed by atoms with E-state index in [-0.39, 0.29) is 0 Å². The number of unbranched alkanes of at least 4 members (excludes halogenated alkanes) is 22. The van der Waals surface area contributed by atoms with Crippen molar-refractivity contribution in [1.29, 1.82) is 0 Å². The Morgan fingerprint density at radius 3 is 1.07 bits per heavy atom. The van der Waals surface area contributed by atoms with Gasteiger partial charge in [-0.05, 0) is 12.8 Å². The molecule has 0 saturated heterocycles. The van der Waals surface area contributed by atoms with Gasteiger partial charge in [0.1, 0.15) is 0 Å². The van der Waals surface area contributed by atoms with Gasteiger partial charge in [-0.2, -0.15) is 0 Å². The Bertz CT molecular complexity index is 237. The fourth-order valence-electron chi connectivity index (χ4n) is 4.08. The summed E-state index contributed by atoms with van der Waals surface area (Å²) in [4.78, 5) is 0. The smallest absolute Gasteiger partial charge is 0.0836 e. The maximum Gasteiger partial charge on any atom is 0.0836 e. The van der Waals surface area contributed by atoms with Crippen LogP contribution < -0.4 is 0 Å². The molecular weight excluding hydrogens is 352 g/mol. The summed E-state index contributed by atoms with van der Waals surface area (Å²) in [5, 5.41) is 0. The minimum atomic E-state index is 0.938. The molecule has 0 aliphatic rings. The van der Waals surface area contributed by atoms with Crippen LogP contribution in [0.4, 0.5) is 0 Å². The zero-order valence-corrected chi connectivity index (χ0v) is 20.7. The first-order valence-electron chi connectivity index (χ1n) is 13.8. The molecule has 0 fully saturated rings. The Morgan fingerprint density at radius 2 is 0.690 bits per heavy atom.